The second-order valence-corrected chi connectivity index (χ2v) is 5.17. The molecule has 0 unspecified atom stereocenters. The molecule has 1 aromatic rings. The molecule has 2 amide bonds. The minimum Gasteiger partial charge on any atom is -0.395 e. The highest BCUT2D eigenvalue weighted by atomic mass is 19.1. The third kappa shape index (κ3) is 4.51. The van der Waals surface area contributed by atoms with Crippen molar-refractivity contribution in [2.75, 3.05) is 39.3 Å². The molecule has 1 fully saturated rings. The third-order valence-corrected chi connectivity index (χ3v) is 3.64. The summed E-state index contributed by atoms with van der Waals surface area (Å²) in [5, 5.41) is 11.4. The maximum absolute atomic E-state index is 12.8. The van der Waals surface area contributed by atoms with Gasteiger partial charge in [-0.15, -0.1) is 0 Å². The van der Waals surface area contributed by atoms with Crippen LogP contribution in [0.2, 0.25) is 0 Å². The number of aliphatic hydroxyl groups excluding tert-OH is 1. The number of rotatable bonds is 4. The molecule has 6 nitrogen and oxygen atoms in total. The van der Waals surface area contributed by atoms with Crippen molar-refractivity contribution >= 4 is 11.8 Å². The Morgan fingerprint density at radius 2 is 1.77 bits per heavy atom. The first-order valence-corrected chi connectivity index (χ1v) is 7.25. The molecular formula is C15H20FN3O3. The number of β-amino-alcohol motifs (C(OH)–C–C–N with tert-alkyl or cyclic N) is 1. The number of hydrogen-bond donors (Lipinski definition) is 2. The summed E-state index contributed by atoms with van der Waals surface area (Å²) in [6.07, 6.45) is 0. The summed E-state index contributed by atoms with van der Waals surface area (Å²) in [4.78, 5) is 27.4. The number of nitrogens with zero attached hydrogens (tertiary/aromatic N) is 2. The Labute approximate surface area is 128 Å². The molecule has 1 aliphatic heterocycles. The van der Waals surface area contributed by atoms with Gasteiger partial charge in [0.15, 0.2) is 0 Å². The van der Waals surface area contributed by atoms with E-state index in [0.717, 1.165) is 5.56 Å². The van der Waals surface area contributed by atoms with Crippen molar-refractivity contribution in [2.24, 2.45) is 0 Å². The standard InChI is InChI=1S/C15H20FN3O3/c16-13-3-1-12(2-4-13)11-17-14(21)15(22)19-7-5-18(6-8-19)9-10-20/h1-4,20H,5-11H2,(H,17,21). The van der Waals surface area contributed by atoms with Crippen molar-refractivity contribution in [3.8, 4) is 0 Å². The number of nitrogens with one attached hydrogen (secondary N) is 1. The maximum atomic E-state index is 12.8. The van der Waals surface area contributed by atoms with Crippen molar-refractivity contribution in [3.63, 3.8) is 0 Å². The number of carbonyl (C=O) groups is 2. The number of halogens is 1. The fraction of sp³-hybridized carbons (Fsp3) is 0.467. The largest absolute Gasteiger partial charge is 0.395 e. The van der Waals surface area contributed by atoms with Crippen LogP contribution in [0.5, 0.6) is 0 Å². The number of amides is 2. The molecule has 0 radical (unpaired) electrons. The van der Waals surface area contributed by atoms with Gasteiger partial charge in [0, 0.05) is 39.3 Å². The number of carbonyl (C=O) groups excluding carboxylic acids is 2. The summed E-state index contributed by atoms with van der Waals surface area (Å²) in [6.45, 7) is 3.11. The number of aliphatic hydroxyl groups is 1. The predicted molar refractivity (Wildman–Crippen MR) is 78.4 cm³/mol. The molecule has 0 bridgehead atoms. The van der Waals surface area contributed by atoms with Crippen LogP contribution in [-0.2, 0) is 16.1 Å². The van der Waals surface area contributed by atoms with Gasteiger partial charge in [-0.2, -0.15) is 0 Å². The second-order valence-electron chi connectivity index (χ2n) is 5.17. The molecular weight excluding hydrogens is 289 g/mol. The fourth-order valence-electron chi connectivity index (χ4n) is 2.32. The highest BCUT2D eigenvalue weighted by molar-refractivity contribution is 6.34. The Bertz CT molecular complexity index is 513. The van der Waals surface area contributed by atoms with Crippen molar-refractivity contribution in [1.29, 1.82) is 0 Å². The SMILES string of the molecule is O=C(NCc1ccc(F)cc1)C(=O)N1CCN(CCO)CC1. The van der Waals surface area contributed by atoms with Gasteiger partial charge in [-0.05, 0) is 17.7 Å². The molecule has 2 rings (SSSR count). The Hall–Kier alpha value is -1.99. The molecule has 1 heterocycles. The van der Waals surface area contributed by atoms with E-state index < -0.39 is 11.8 Å². The average molecular weight is 309 g/mol. The molecule has 120 valence electrons. The van der Waals surface area contributed by atoms with Crippen molar-refractivity contribution < 1.29 is 19.1 Å². The van der Waals surface area contributed by atoms with Crippen LogP contribution in [0.4, 0.5) is 4.39 Å². The Morgan fingerprint density at radius 3 is 2.36 bits per heavy atom. The Kier molecular flexibility index (Phi) is 5.85. The highest BCUT2D eigenvalue weighted by Crippen LogP contribution is 2.04. The van der Waals surface area contributed by atoms with Crippen LogP contribution < -0.4 is 5.32 Å². The molecule has 7 heteroatoms. The zero-order valence-electron chi connectivity index (χ0n) is 12.3. The molecule has 2 N–H and O–H groups in total. The van der Waals surface area contributed by atoms with Crippen molar-refractivity contribution in [2.45, 2.75) is 6.54 Å². The lowest BCUT2D eigenvalue weighted by atomic mass is 10.2. The summed E-state index contributed by atoms with van der Waals surface area (Å²) in [5.74, 6) is -1.54. The van der Waals surface area contributed by atoms with Gasteiger partial charge >= 0.3 is 11.8 Å². The van der Waals surface area contributed by atoms with E-state index in [2.05, 4.69) is 5.32 Å². The van der Waals surface area contributed by atoms with Gasteiger partial charge in [-0.25, -0.2) is 4.39 Å². The Morgan fingerprint density at radius 1 is 1.14 bits per heavy atom. The molecule has 22 heavy (non-hydrogen) atoms. The van der Waals surface area contributed by atoms with E-state index in [4.69, 9.17) is 5.11 Å². The van der Waals surface area contributed by atoms with Gasteiger partial charge in [0.1, 0.15) is 5.82 Å². The monoisotopic (exact) mass is 309 g/mol. The first-order valence-electron chi connectivity index (χ1n) is 7.25. The van der Waals surface area contributed by atoms with Crippen LogP contribution in [0.3, 0.4) is 0 Å². The molecule has 1 aliphatic rings. The van der Waals surface area contributed by atoms with Gasteiger partial charge in [-0.1, -0.05) is 12.1 Å². The van der Waals surface area contributed by atoms with E-state index in [1.807, 2.05) is 4.90 Å². The molecule has 1 saturated heterocycles. The maximum Gasteiger partial charge on any atom is 0.311 e. The highest BCUT2D eigenvalue weighted by Gasteiger charge is 2.25. The van der Waals surface area contributed by atoms with E-state index in [-0.39, 0.29) is 19.0 Å². The van der Waals surface area contributed by atoms with Gasteiger partial charge in [0.05, 0.1) is 6.61 Å². The van der Waals surface area contributed by atoms with Crippen LogP contribution in [0.1, 0.15) is 5.56 Å². The lowest BCUT2D eigenvalue weighted by Crippen LogP contribution is -2.52. The van der Waals surface area contributed by atoms with E-state index in [9.17, 15) is 14.0 Å². The summed E-state index contributed by atoms with van der Waals surface area (Å²) in [7, 11) is 0. The van der Waals surface area contributed by atoms with Crippen LogP contribution in [0, 0.1) is 5.82 Å². The molecule has 0 aliphatic carbocycles. The van der Waals surface area contributed by atoms with E-state index in [1.54, 1.807) is 12.1 Å². The van der Waals surface area contributed by atoms with Gasteiger partial charge in [0.2, 0.25) is 0 Å². The van der Waals surface area contributed by atoms with Crippen LogP contribution in [-0.4, -0.2) is 66.1 Å². The van der Waals surface area contributed by atoms with Crippen LogP contribution in [0.15, 0.2) is 24.3 Å². The zero-order valence-corrected chi connectivity index (χ0v) is 12.3. The minimum atomic E-state index is -0.653. The fourth-order valence-corrected chi connectivity index (χ4v) is 2.32. The van der Waals surface area contributed by atoms with Crippen LogP contribution >= 0.6 is 0 Å². The van der Waals surface area contributed by atoms with Gasteiger partial charge < -0.3 is 15.3 Å². The Balaban J connectivity index is 1.77. The van der Waals surface area contributed by atoms with E-state index in [1.165, 1.54) is 17.0 Å². The molecule has 0 spiro atoms. The van der Waals surface area contributed by atoms with Crippen molar-refractivity contribution in [1.82, 2.24) is 15.1 Å². The smallest absolute Gasteiger partial charge is 0.311 e. The number of hydrogen-bond acceptors (Lipinski definition) is 4. The predicted octanol–water partition coefficient (Wildman–Crippen LogP) is -0.422. The molecule has 0 aromatic heterocycles. The first kappa shape index (κ1) is 16.4. The third-order valence-electron chi connectivity index (χ3n) is 3.64. The minimum absolute atomic E-state index is 0.0894. The summed E-state index contributed by atoms with van der Waals surface area (Å²) in [5.41, 5.74) is 0.732. The summed E-state index contributed by atoms with van der Waals surface area (Å²) in [6, 6.07) is 5.74. The lowest BCUT2D eigenvalue weighted by molar-refractivity contribution is -0.147. The second kappa shape index (κ2) is 7.86. The molecule has 0 atom stereocenters. The summed E-state index contributed by atoms with van der Waals surface area (Å²) < 4.78 is 12.8. The normalized spacial score (nSPS) is 15.6. The van der Waals surface area contributed by atoms with Gasteiger partial charge in [-0.3, -0.25) is 14.5 Å². The first-order chi connectivity index (χ1) is 10.6. The molecule has 0 saturated carbocycles. The van der Waals surface area contributed by atoms with Crippen molar-refractivity contribution in [3.05, 3.63) is 35.6 Å². The zero-order chi connectivity index (χ0) is 15.9. The van der Waals surface area contributed by atoms with E-state index >= 15 is 0 Å². The number of benzene rings is 1. The quantitative estimate of drug-likeness (QED) is 0.741. The van der Waals surface area contributed by atoms with Gasteiger partial charge in [0.25, 0.3) is 0 Å². The topological polar surface area (TPSA) is 72.9 Å². The number of piperazine rings is 1. The average Bonchev–Trinajstić information content (AvgIpc) is 2.54. The van der Waals surface area contributed by atoms with E-state index in [0.29, 0.717) is 32.7 Å². The summed E-state index contributed by atoms with van der Waals surface area (Å²) >= 11 is 0. The van der Waals surface area contributed by atoms with Crippen LogP contribution in [0.25, 0.3) is 0 Å². The lowest BCUT2D eigenvalue weighted by Gasteiger charge is -2.33. The molecule has 1 aromatic carbocycles.